The quantitative estimate of drug-likeness (QED) is 0.360. The van der Waals surface area contributed by atoms with E-state index in [1.54, 1.807) is 37.3 Å². The highest BCUT2D eigenvalue weighted by molar-refractivity contribution is 7.92. The highest BCUT2D eigenvalue weighted by Gasteiger charge is 2.34. The molecule has 1 N–H and O–H groups in total. The zero-order chi connectivity index (χ0) is 29.5. The molecule has 0 unspecified atom stereocenters. The third kappa shape index (κ3) is 7.81. The van der Waals surface area contributed by atoms with Crippen LogP contribution in [-0.4, -0.2) is 50.4 Å². The van der Waals surface area contributed by atoms with Crippen LogP contribution < -0.4 is 14.4 Å². The Kier molecular flexibility index (Phi) is 9.92. The molecule has 3 aromatic rings. The summed E-state index contributed by atoms with van der Waals surface area (Å²) in [7, 11) is -2.71. The van der Waals surface area contributed by atoms with Crippen molar-refractivity contribution < 1.29 is 27.1 Å². The molecule has 1 atom stereocenters. The normalized spacial score (nSPS) is 12.3. The molecule has 0 spiro atoms. The highest BCUT2D eigenvalue weighted by Crippen LogP contribution is 2.26. The summed E-state index contributed by atoms with van der Waals surface area (Å²) < 4.78 is 47.5. The Balaban J connectivity index is 2.04. The summed E-state index contributed by atoms with van der Waals surface area (Å²) in [6.07, 6.45) is 0.283. The molecule has 0 fully saturated rings. The van der Waals surface area contributed by atoms with Gasteiger partial charge < -0.3 is 15.0 Å². The van der Waals surface area contributed by atoms with Crippen molar-refractivity contribution >= 4 is 27.5 Å². The molecule has 0 aliphatic rings. The van der Waals surface area contributed by atoms with Gasteiger partial charge in [0.1, 0.15) is 24.2 Å². The van der Waals surface area contributed by atoms with E-state index in [2.05, 4.69) is 5.32 Å². The minimum absolute atomic E-state index is 0.0135. The van der Waals surface area contributed by atoms with Crippen LogP contribution in [0, 0.1) is 5.82 Å². The zero-order valence-electron chi connectivity index (χ0n) is 23.4. The van der Waals surface area contributed by atoms with E-state index in [1.807, 2.05) is 20.8 Å². The summed E-state index contributed by atoms with van der Waals surface area (Å²) in [5.41, 5.74) is 0.338. The standard InChI is InChI=1S/C30H36FN3O5S/c1-6-27(29(36)32-30(2,3)4)33(20-22-12-14-23(31)15-13-22)28(35)21-34(24-10-8-7-9-11-24)40(37,38)26-18-16-25(39-5)17-19-26/h7-19,27H,6,20-21H2,1-5H3,(H,32,36)/t27-/m0/s1. The number of hydrogen-bond acceptors (Lipinski definition) is 5. The maximum Gasteiger partial charge on any atom is 0.264 e. The lowest BCUT2D eigenvalue weighted by atomic mass is 10.1. The van der Waals surface area contributed by atoms with Gasteiger partial charge in [-0.05, 0) is 81.3 Å². The Morgan fingerprint density at radius 1 is 0.950 bits per heavy atom. The van der Waals surface area contributed by atoms with Crippen LogP contribution in [0.4, 0.5) is 10.1 Å². The Morgan fingerprint density at radius 2 is 1.55 bits per heavy atom. The van der Waals surface area contributed by atoms with Gasteiger partial charge in [-0.1, -0.05) is 37.3 Å². The van der Waals surface area contributed by atoms with Gasteiger partial charge in [0, 0.05) is 12.1 Å². The lowest BCUT2D eigenvalue weighted by molar-refractivity contribution is -0.141. The Labute approximate surface area is 235 Å². The van der Waals surface area contributed by atoms with Crippen LogP contribution >= 0.6 is 0 Å². The number of carbonyl (C=O) groups excluding carboxylic acids is 2. The molecule has 0 saturated heterocycles. The van der Waals surface area contributed by atoms with E-state index in [1.165, 1.54) is 60.5 Å². The van der Waals surface area contributed by atoms with E-state index in [-0.39, 0.29) is 23.8 Å². The second kappa shape index (κ2) is 13.0. The van der Waals surface area contributed by atoms with Crippen LogP contribution in [0.3, 0.4) is 0 Å². The first-order valence-corrected chi connectivity index (χ1v) is 14.4. The molecule has 0 aromatic heterocycles. The van der Waals surface area contributed by atoms with Crippen LogP contribution in [0.25, 0.3) is 0 Å². The molecule has 0 heterocycles. The van der Waals surface area contributed by atoms with E-state index in [9.17, 15) is 22.4 Å². The molecule has 40 heavy (non-hydrogen) atoms. The van der Waals surface area contributed by atoms with Crippen molar-refractivity contribution in [1.82, 2.24) is 10.2 Å². The number of nitrogens with zero attached hydrogens (tertiary/aromatic N) is 2. The van der Waals surface area contributed by atoms with E-state index in [4.69, 9.17) is 4.74 Å². The maximum absolute atomic E-state index is 14.0. The third-order valence-corrected chi connectivity index (χ3v) is 7.91. The van der Waals surface area contributed by atoms with E-state index in [0.717, 1.165) is 4.31 Å². The Hall–Kier alpha value is -3.92. The number of carbonyl (C=O) groups is 2. The average Bonchev–Trinajstić information content (AvgIpc) is 2.92. The Morgan fingerprint density at radius 3 is 2.08 bits per heavy atom. The monoisotopic (exact) mass is 569 g/mol. The van der Waals surface area contributed by atoms with Gasteiger partial charge in [0.05, 0.1) is 17.7 Å². The van der Waals surface area contributed by atoms with Crippen molar-refractivity contribution in [2.75, 3.05) is 18.0 Å². The molecule has 0 radical (unpaired) electrons. The van der Waals surface area contributed by atoms with Crippen LogP contribution in [0.2, 0.25) is 0 Å². The molecular weight excluding hydrogens is 533 g/mol. The smallest absolute Gasteiger partial charge is 0.264 e. The van der Waals surface area contributed by atoms with Crippen molar-refractivity contribution in [2.45, 2.75) is 57.1 Å². The molecule has 0 aliphatic carbocycles. The third-order valence-electron chi connectivity index (χ3n) is 6.12. The second-order valence-electron chi connectivity index (χ2n) is 10.3. The molecule has 3 aromatic carbocycles. The number of halogens is 1. The average molecular weight is 570 g/mol. The summed E-state index contributed by atoms with van der Waals surface area (Å²) in [5.74, 6) is -0.890. The summed E-state index contributed by atoms with van der Waals surface area (Å²) in [5, 5.41) is 2.92. The fraction of sp³-hybridized carbons (Fsp3) is 0.333. The minimum atomic E-state index is -4.19. The van der Waals surface area contributed by atoms with Crippen LogP contribution in [-0.2, 0) is 26.2 Å². The molecule has 0 aliphatic heterocycles. The van der Waals surface area contributed by atoms with E-state index in [0.29, 0.717) is 17.0 Å². The van der Waals surface area contributed by atoms with Crippen LogP contribution in [0.5, 0.6) is 5.75 Å². The fourth-order valence-corrected chi connectivity index (χ4v) is 5.57. The van der Waals surface area contributed by atoms with Crippen molar-refractivity contribution in [3.05, 3.63) is 90.2 Å². The number of methoxy groups -OCH3 is 1. The predicted molar refractivity (Wildman–Crippen MR) is 153 cm³/mol. The first-order valence-electron chi connectivity index (χ1n) is 12.9. The first-order chi connectivity index (χ1) is 18.9. The number of nitrogens with one attached hydrogen (secondary N) is 1. The molecule has 0 saturated carbocycles. The van der Waals surface area contributed by atoms with Crippen molar-refractivity contribution in [1.29, 1.82) is 0 Å². The SMILES string of the molecule is CC[C@@H](C(=O)NC(C)(C)C)N(Cc1ccc(F)cc1)C(=O)CN(c1ccccc1)S(=O)(=O)c1ccc(OC)cc1. The maximum atomic E-state index is 14.0. The van der Waals surface area contributed by atoms with Gasteiger partial charge in [-0.25, -0.2) is 12.8 Å². The van der Waals surface area contributed by atoms with Crippen molar-refractivity contribution in [3.8, 4) is 5.75 Å². The van der Waals surface area contributed by atoms with Gasteiger partial charge in [0.2, 0.25) is 11.8 Å². The number of ether oxygens (including phenoxy) is 1. The Bertz CT molecular complexity index is 1390. The minimum Gasteiger partial charge on any atom is -0.497 e. The molecular formula is C30H36FN3O5S. The largest absolute Gasteiger partial charge is 0.497 e. The fourth-order valence-electron chi connectivity index (χ4n) is 4.16. The zero-order valence-corrected chi connectivity index (χ0v) is 24.2. The topological polar surface area (TPSA) is 96.0 Å². The molecule has 8 nitrogen and oxygen atoms in total. The van der Waals surface area contributed by atoms with Crippen LogP contribution in [0.15, 0.2) is 83.8 Å². The van der Waals surface area contributed by atoms with Crippen LogP contribution in [0.1, 0.15) is 39.7 Å². The predicted octanol–water partition coefficient (Wildman–Crippen LogP) is 4.75. The number of rotatable bonds is 11. The summed E-state index contributed by atoms with van der Waals surface area (Å²) >= 11 is 0. The number of hydrogen-bond donors (Lipinski definition) is 1. The summed E-state index contributed by atoms with van der Waals surface area (Å²) in [6, 6.07) is 18.9. The number of para-hydroxylation sites is 1. The molecule has 214 valence electrons. The van der Waals surface area contributed by atoms with Gasteiger partial charge in [-0.2, -0.15) is 0 Å². The highest BCUT2D eigenvalue weighted by atomic mass is 32.2. The number of benzene rings is 3. The number of sulfonamides is 1. The molecule has 0 bridgehead atoms. The van der Waals surface area contributed by atoms with E-state index < -0.39 is 39.9 Å². The summed E-state index contributed by atoms with van der Waals surface area (Å²) in [4.78, 5) is 28.6. The van der Waals surface area contributed by atoms with Crippen molar-refractivity contribution in [2.24, 2.45) is 0 Å². The second-order valence-corrected chi connectivity index (χ2v) is 12.2. The summed E-state index contributed by atoms with van der Waals surface area (Å²) in [6.45, 7) is 6.72. The first kappa shape index (κ1) is 30.6. The lowest BCUT2D eigenvalue weighted by Crippen LogP contribution is -2.55. The van der Waals surface area contributed by atoms with Gasteiger partial charge in [0.15, 0.2) is 0 Å². The van der Waals surface area contributed by atoms with Crippen molar-refractivity contribution in [3.63, 3.8) is 0 Å². The van der Waals surface area contributed by atoms with Gasteiger partial charge in [-0.15, -0.1) is 0 Å². The molecule has 3 rings (SSSR count). The molecule has 2 amide bonds. The van der Waals surface area contributed by atoms with E-state index >= 15 is 0 Å². The van der Waals surface area contributed by atoms with Gasteiger partial charge >= 0.3 is 0 Å². The number of anilines is 1. The van der Waals surface area contributed by atoms with Gasteiger partial charge in [0.25, 0.3) is 10.0 Å². The van der Waals surface area contributed by atoms with Gasteiger partial charge in [-0.3, -0.25) is 13.9 Å². The number of amides is 2. The lowest BCUT2D eigenvalue weighted by Gasteiger charge is -2.34. The molecule has 10 heteroatoms.